The van der Waals surface area contributed by atoms with E-state index in [0.717, 1.165) is 23.0 Å². The lowest BCUT2D eigenvalue weighted by molar-refractivity contribution is 0.0788. The van der Waals surface area contributed by atoms with E-state index in [1.807, 2.05) is 35.0 Å². The summed E-state index contributed by atoms with van der Waals surface area (Å²) < 4.78 is 13.8. The Morgan fingerprint density at radius 2 is 2.19 bits per heavy atom. The molecule has 0 saturated heterocycles. The molecule has 1 N–H and O–H groups in total. The minimum atomic E-state index is -0.0456. The lowest BCUT2D eigenvalue weighted by atomic mass is 10.2. The SMILES string of the molecule is c1ccc2c(c1)OCC(Cn1ccnc1-c1cnc[nH]1)O2. The van der Waals surface area contributed by atoms with Crippen molar-refractivity contribution < 1.29 is 9.47 Å². The predicted octanol–water partition coefficient (Wildman–Crippen LogP) is 2.11. The van der Waals surface area contributed by atoms with Gasteiger partial charge in [-0.1, -0.05) is 12.1 Å². The third-order valence-electron chi connectivity index (χ3n) is 3.42. The van der Waals surface area contributed by atoms with Crippen LogP contribution in [0, 0.1) is 0 Å². The van der Waals surface area contributed by atoms with Crippen molar-refractivity contribution in [3.8, 4) is 23.0 Å². The normalized spacial score (nSPS) is 16.9. The van der Waals surface area contributed by atoms with Gasteiger partial charge in [-0.25, -0.2) is 9.97 Å². The van der Waals surface area contributed by atoms with Gasteiger partial charge in [0.15, 0.2) is 23.4 Å². The Kier molecular flexibility index (Phi) is 2.85. The molecule has 0 spiro atoms. The number of para-hydroxylation sites is 2. The number of benzene rings is 1. The van der Waals surface area contributed by atoms with E-state index >= 15 is 0 Å². The van der Waals surface area contributed by atoms with Crippen LogP contribution in [-0.2, 0) is 6.54 Å². The summed E-state index contributed by atoms with van der Waals surface area (Å²) in [7, 11) is 0. The lowest BCUT2D eigenvalue weighted by Gasteiger charge is -2.27. The van der Waals surface area contributed by atoms with Crippen LogP contribution in [-0.4, -0.2) is 32.2 Å². The third-order valence-corrected chi connectivity index (χ3v) is 3.42. The van der Waals surface area contributed by atoms with Crippen LogP contribution in [0.5, 0.6) is 11.5 Å². The van der Waals surface area contributed by atoms with Crippen molar-refractivity contribution in [1.82, 2.24) is 19.5 Å². The molecule has 2 aromatic heterocycles. The van der Waals surface area contributed by atoms with Crippen LogP contribution in [0.25, 0.3) is 11.5 Å². The Balaban J connectivity index is 1.55. The standard InChI is InChI=1S/C15H14N4O2/c1-2-4-14-13(3-1)20-9-11(21-14)8-19-6-5-17-15(19)12-7-16-10-18-12/h1-7,10-11H,8-9H2,(H,16,18). The van der Waals surface area contributed by atoms with Crippen molar-refractivity contribution >= 4 is 0 Å². The highest BCUT2D eigenvalue weighted by Crippen LogP contribution is 2.31. The van der Waals surface area contributed by atoms with E-state index in [4.69, 9.17) is 9.47 Å². The average molecular weight is 282 g/mol. The zero-order valence-corrected chi connectivity index (χ0v) is 11.3. The zero-order valence-electron chi connectivity index (χ0n) is 11.3. The fraction of sp³-hybridized carbons (Fsp3) is 0.200. The maximum atomic E-state index is 5.98. The molecule has 6 nitrogen and oxygen atoms in total. The summed E-state index contributed by atoms with van der Waals surface area (Å²) >= 11 is 0. The Labute approximate surface area is 121 Å². The number of rotatable bonds is 3. The van der Waals surface area contributed by atoms with E-state index in [-0.39, 0.29) is 6.10 Å². The highest BCUT2D eigenvalue weighted by atomic mass is 16.6. The molecule has 6 heteroatoms. The molecule has 3 heterocycles. The highest BCUT2D eigenvalue weighted by molar-refractivity contribution is 5.48. The van der Waals surface area contributed by atoms with Gasteiger partial charge in [0.2, 0.25) is 0 Å². The summed E-state index contributed by atoms with van der Waals surface area (Å²) in [6, 6.07) is 7.72. The largest absolute Gasteiger partial charge is 0.486 e. The molecule has 1 aliphatic heterocycles. The van der Waals surface area contributed by atoms with E-state index in [1.54, 1.807) is 18.7 Å². The van der Waals surface area contributed by atoms with Gasteiger partial charge in [0.05, 0.1) is 19.1 Å². The number of fused-ring (bicyclic) bond motifs is 1. The molecule has 0 fully saturated rings. The molecule has 1 unspecified atom stereocenters. The van der Waals surface area contributed by atoms with Crippen molar-refractivity contribution in [3.05, 3.63) is 49.2 Å². The van der Waals surface area contributed by atoms with Crippen molar-refractivity contribution in [2.45, 2.75) is 12.6 Å². The van der Waals surface area contributed by atoms with Crippen LogP contribution < -0.4 is 9.47 Å². The topological polar surface area (TPSA) is 65.0 Å². The summed E-state index contributed by atoms with van der Waals surface area (Å²) in [5, 5.41) is 0. The summed E-state index contributed by atoms with van der Waals surface area (Å²) in [5.41, 5.74) is 0.886. The number of hydrogen-bond donors (Lipinski definition) is 1. The Hall–Kier alpha value is -2.76. The van der Waals surface area contributed by atoms with Gasteiger partial charge in [-0.15, -0.1) is 0 Å². The number of imidazole rings is 2. The molecule has 106 valence electrons. The van der Waals surface area contributed by atoms with E-state index < -0.39 is 0 Å². The molecule has 4 rings (SSSR count). The molecule has 0 bridgehead atoms. The van der Waals surface area contributed by atoms with E-state index in [0.29, 0.717) is 13.2 Å². The minimum Gasteiger partial charge on any atom is -0.486 e. The van der Waals surface area contributed by atoms with E-state index in [2.05, 4.69) is 15.0 Å². The minimum absolute atomic E-state index is 0.0456. The second-order valence-corrected chi connectivity index (χ2v) is 4.87. The van der Waals surface area contributed by atoms with Gasteiger partial charge in [0.1, 0.15) is 12.3 Å². The number of aromatic nitrogens is 4. The van der Waals surface area contributed by atoms with Crippen LogP contribution >= 0.6 is 0 Å². The quantitative estimate of drug-likeness (QED) is 0.799. The van der Waals surface area contributed by atoms with Gasteiger partial charge in [-0.05, 0) is 12.1 Å². The smallest absolute Gasteiger partial charge is 0.161 e. The lowest BCUT2D eigenvalue weighted by Crippen LogP contribution is -2.33. The first-order valence-electron chi connectivity index (χ1n) is 6.78. The number of H-pyrrole nitrogens is 1. The van der Waals surface area contributed by atoms with Crippen LogP contribution in [0.3, 0.4) is 0 Å². The van der Waals surface area contributed by atoms with Gasteiger partial charge in [-0.3, -0.25) is 0 Å². The second-order valence-electron chi connectivity index (χ2n) is 4.87. The third kappa shape index (κ3) is 2.24. The highest BCUT2D eigenvalue weighted by Gasteiger charge is 2.22. The molecule has 0 aliphatic carbocycles. The maximum Gasteiger partial charge on any atom is 0.161 e. The summed E-state index contributed by atoms with van der Waals surface area (Å²) in [6.07, 6.45) is 7.06. The second kappa shape index (κ2) is 4.97. The van der Waals surface area contributed by atoms with Crippen molar-refractivity contribution in [2.24, 2.45) is 0 Å². The molecule has 0 radical (unpaired) electrons. The first-order chi connectivity index (χ1) is 10.4. The molecular formula is C15H14N4O2. The molecular weight excluding hydrogens is 268 g/mol. The first kappa shape index (κ1) is 12.0. The molecule has 21 heavy (non-hydrogen) atoms. The van der Waals surface area contributed by atoms with Gasteiger partial charge < -0.3 is 19.0 Å². The van der Waals surface area contributed by atoms with Crippen LogP contribution in [0.4, 0.5) is 0 Å². The van der Waals surface area contributed by atoms with Crippen molar-refractivity contribution in [3.63, 3.8) is 0 Å². The Morgan fingerprint density at radius 3 is 3.05 bits per heavy atom. The fourth-order valence-electron chi connectivity index (χ4n) is 2.45. The maximum absolute atomic E-state index is 5.98. The molecule has 3 aromatic rings. The van der Waals surface area contributed by atoms with Gasteiger partial charge in [-0.2, -0.15) is 0 Å². The van der Waals surface area contributed by atoms with Gasteiger partial charge >= 0.3 is 0 Å². The molecule has 1 aromatic carbocycles. The first-order valence-corrected chi connectivity index (χ1v) is 6.78. The van der Waals surface area contributed by atoms with Crippen LogP contribution in [0.15, 0.2) is 49.2 Å². The molecule has 0 saturated carbocycles. The molecule has 1 atom stereocenters. The van der Waals surface area contributed by atoms with Gasteiger partial charge in [0.25, 0.3) is 0 Å². The number of nitrogens with zero attached hydrogens (tertiary/aromatic N) is 3. The van der Waals surface area contributed by atoms with E-state index in [9.17, 15) is 0 Å². The van der Waals surface area contributed by atoms with Crippen LogP contribution in [0.2, 0.25) is 0 Å². The Morgan fingerprint density at radius 1 is 1.29 bits per heavy atom. The predicted molar refractivity (Wildman–Crippen MR) is 76.2 cm³/mol. The van der Waals surface area contributed by atoms with Crippen molar-refractivity contribution in [1.29, 1.82) is 0 Å². The number of aromatic amines is 1. The average Bonchev–Trinajstić information content (AvgIpc) is 3.18. The molecule has 1 aliphatic rings. The zero-order chi connectivity index (χ0) is 14.1. The van der Waals surface area contributed by atoms with E-state index in [1.165, 1.54) is 0 Å². The number of ether oxygens (including phenoxy) is 2. The fourth-order valence-corrected chi connectivity index (χ4v) is 2.45. The van der Waals surface area contributed by atoms with Crippen LogP contribution in [0.1, 0.15) is 0 Å². The summed E-state index contributed by atoms with van der Waals surface area (Å²) in [5.74, 6) is 2.43. The number of nitrogens with one attached hydrogen (secondary N) is 1. The monoisotopic (exact) mass is 282 g/mol. The Bertz CT molecular complexity index is 736. The van der Waals surface area contributed by atoms with Crippen molar-refractivity contribution in [2.75, 3.05) is 6.61 Å². The summed E-state index contributed by atoms with van der Waals surface area (Å²) in [4.78, 5) is 11.5. The number of hydrogen-bond acceptors (Lipinski definition) is 4. The summed E-state index contributed by atoms with van der Waals surface area (Å²) in [6.45, 7) is 1.19. The molecule has 0 amide bonds. The van der Waals surface area contributed by atoms with Gasteiger partial charge in [0, 0.05) is 12.4 Å².